The number of esters is 2. The number of hydrogen-bond acceptors (Lipinski definition) is 8. The van der Waals surface area contributed by atoms with Gasteiger partial charge in [0.2, 0.25) is 0 Å². The zero-order valence-electron chi connectivity index (χ0n) is 42.4. The van der Waals surface area contributed by atoms with E-state index in [0.29, 0.717) is 6.42 Å². The van der Waals surface area contributed by atoms with Gasteiger partial charge < -0.3 is 20.1 Å². The number of unbranched alkanes of at least 4 members (excludes halogenated alkanes) is 25. The minimum absolute atomic E-state index is 0.0536. The molecule has 0 rings (SSSR count). The number of phosphoric ester groups is 1. The van der Waals surface area contributed by atoms with Gasteiger partial charge >= 0.3 is 19.8 Å². The first-order valence-corrected chi connectivity index (χ1v) is 28.4. The SMILES string of the molecule is CC/C=C\C/C=C\C/C=C\C/C=C\C/C=C\C/C=C\CCCCCCCCCCCCCCCCCCCCC(=O)OC(COC(=O)CCCCCCCCCC)COP(=O)(O)OCCN. The van der Waals surface area contributed by atoms with Crippen LogP contribution in [-0.4, -0.2) is 49.3 Å². The lowest BCUT2D eigenvalue weighted by Gasteiger charge is -2.19. The molecule has 9 nitrogen and oxygen atoms in total. The summed E-state index contributed by atoms with van der Waals surface area (Å²) in [6, 6.07) is 0. The van der Waals surface area contributed by atoms with E-state index >= 15 is 0 Å². The molecule has 0 heterocycles. The summed E-state index contributed by atoms with van der Waals surface area (Å²) in [4.78, 5) is 34.8. The van der Waals surface area contributed by atoms with Gasteiger partial charge in [-0.15, -0.1) is 0 Å². The van der Waals surface area contributed by atoms with E-state index in [9.17, 15) is 19.0 Å². The second kappa shape index (κ2) is 51.8. The molecule has 0 radical (unpaired) electrons. The lowest BCUT2D eigenvalue weighted by atomic mass is 10.0. The van der Waals surface area contributed by atoms with Crippen LogP contribution in [0.25, 0.3) is 0 Å². The molecule has 0 aromatic rings. The van der Waals surface area contributed by atoms with Gasteiger partial charge in [0.05, 0.1) is 13.2 Å². The highest BCUT2D eigenvalue weighted by Crippen LogP contribution is 2.43. The quantitative estimate of drug-likeness (QED) is 0.0264. The van der Waals surface area contributed by atoms with E-state index in [0.717, 1.165) is 77.0 Å². The summed E-state index contributed by atoms with van der Waals surface area (Å²) in [6.07, 6.45) is 65.6. The summed E-state index contributed by atoms with van der Waals surface area (Å²) in [5.74, 6) is -0.827. The smallest absolute Gasteiger partial charge is 0.462 e. The number of carbonyl (C=O) groups excluding carboxylic acids is 2. The predicted octanol–water partition coefficient (Wildman–Crippen LogP) is 16.6. The molecule has 0 fully saturated rings. The summed E-state index contributed by atoms with van der Waals surface area (Å²) in [5, 5.41) is 0. The number of carbonyl (C=O) groups is 2. The Bertz CT molecular complexity index is 1310. The first-order valence-electron chi connectivity index (χ1n) is 26.9. The van der Waals surface area contributed by atoms with Crippen molar-refractivity contribution in [3.63, 3.8) is 0 Å². The van der Waals surface area contributed by atoms with Gasteiger partial charge in [-0.05, 0) is 64.2 Å². The van der Waals surface area contributed by atoms with E-state index in [2.05, 4.69) is 86.8 Å². The normalized spacial score (nSPS) is 13.7. The van der Waals surface area contributed by atoms with Gasteiger partial charge in [0.25, 0.3) is 0 Å². The third-order valence-corrected chi connectivity index (χ3v) is 12.3. The first-order chi connectivity index (χ1) is 32.3. The molecule has 3 N–H and O–H groups in total. The summed E-state index contributed by atoms with van der Waals surface area (Å²) in [6.45, 7) is 3.60. The standard InChI is InChI=1S/C56H100NO8P/c1-3-5-7-9-11-13-14-15-16-17-18-19-20-21-22-23-24-25-26-27-28-29-30-31-32-33-34-35-36-37-38-39-40-41-43-45-47-49-56(59)65-54(53-64-66(60,61)63-51-50-57)52-62-55(58)48-46-44-42-12-10-8-6-4-2/h5,7,11,13,15-16,18-19,21-22,24-25,54H,3-4,6,8-10,12,14,17,20,23,26-53,57H2,1-2H3,(H,60,61)/b7-5-,13-11-,16-15-,19-18-,22-21-,25-24-. The molecule has 0 saturated carbocycles. The van der Waals surface area contributed by atoms with Gasteiger partial charge in [-0.3, -0.25) is 18.6 Å². The molecule has 0 aliphatic rings. The fourth-order valence-electron chi connectivity index (χ4n) is 7.40. The third kappa shape index (κ3) is 50.9. The molecule has 2 atom stereocenters. The first kappa shape index (κ1) is 63.5. The van der Waals surface area contributed by atoms with Crippen LogP contribution in [0.1, 0.15) is 239 Å². The van der Waals surface area contributed by atoms with Gasteiger partial charge in [0.15, 0.2) is 6.10 Å². The molecular weight excluding hydrogens is 846 g/mol. The van der Waals surface area contributed by atoms with Crippen LogP contribution in [0.2, 0.25) is 0 Å². The molecule has 10 heteroatoms. The molecule has 0 amide bonds. The van der Waals surface area contributed by atoms with Crippen LogP contribution < -0.4 is 5.73 Å². The van der Waals surface area contributed by atoms with Crippen molar-refractivity contribution in [2.75, 3.05) is 26.4 Å². The summed E-state index contributed by atoms with van der Waals surface area (Å²) in [5.41, 5.74) is 5.35. The van der Waals surface area contributed by atoms with Crippen molar-refractivity contribution in [2.45, 2.75) is 245 Å². The lowest BCUT2D eigenvalue weighted by Crippen LogP contribution is -2.29. The van der Waals surface area contributed by atoms with Crippen LogP contribution in [0.4, 0.5) is 0 Å². The van der Waals surface area contributed by atoms with Crippen LogP contribution >= 0.6 is 7.82 Å². The Hall–Kier alpha value is -2.55. The fraction of sp³-hybridized carbons (Fsp3) is 0.750. The average molecular weight is 946 g/mol. The number of hydrogen-bond donors (Lipinski definition) is 2. The Morgan fingerprint density at radius 1 is 0.470 bits per heavy atom. The molecule has 0 spiro atoms. The van der Waals surface area contributed by atoms with Crippen LogP contribution in [0, 0.1) is 0 Å². The minimum Gasteiger partial charge on any atom is -0.462 e. The van der Waals surface area contributed by atoms with Crippen LogP contribution in [0.15, 0.2) is 72.9 Å². The fourth-order valence-corrected chi connectivity index (χ4v) is 8.17. The van der Waals surface area contributed by atoms with Crippen LogP contribution in [-0.2, 0) is 32.7 Å². The molecule has 382 valence electrons. The maximum atomic E-state index is 12.6. The van der Waals surface area contributed by atoms with E-state index in [1.807, 2.05) is 0 Å². The van der Waals surface area contributed by atoms with Crippen molar-refractivity contribution in [1.29, 1.82) is 0 Å². The monoisotopic (exact) mass is 946 g/mol. The molecular formula is C56H100NO8P. The number of rotatable bonds is 50. The Balaban J connectivity index is 3.78. The number of nitrogens with two attached hydrogens (primary N) is 1. The van der Waals surface area contributed by atoms with Crippen molar-refractivity contribution in [2.24, 2.45) is 5.73 Å². The summed E-state index contributed by atoms with van der Waals surface area (Å²) < 4.78 is 32.8. The van der Waals surface area contributed by atoms with Crippen LogP contribution in [0.5, 0.6) is 0 Å². The van der Waals surface area contributed by atoms with Crippen molar-refractivity contribution in [1.82, 2.24) is 0 Å². The van der Waals surface area contributed by atoms with Gasteiger partial charge in [-0.1, -0.05) is 234 Å². The highest BCUT2D eigenvalue weighted by atomic mass is 31.2. The highest BCUT2D eigenvalue weighted by Gasteiger charge is 2.26. The van der Waals surface area contributed by atoms with Crippen LogP contribution in [0.3, 0.4) is 0 Å². The molecule has 0 aliphatic carbocycles. The number of allylic oxidation sites excluding steroid dienone is 12. The van der Waals surface area contributed by atoms with E-state index in [4.69, 9.17) is 24.3 Å². The van der Waals surface area contributed by atoms with E-state index in [1.54, 1.807) is 0 Å². The van der Waals surface area contributed by atoms with Gasteiger partial charge in [-0.25, -0.2) is 4.57 Å². The van der Waals surface area contributed by atoms with Gasteiger partial charge in [0.1, 0.15) is 6.61 Å². The summed E-state index contributed by atoms with van der Waals surface area (Å²) in [7, 11) is -4.37. The molecule has 0 aromatic heterocycles. The van der Waals surface area contributed by atoms with Crippen molar-refractivity contribution in [3.8, 4) is 0 Å². The van der Waals surface area contributed by atoms with Crippen molar-refractivity contribution in [3.05, 3.63) is 72.9 Å². The third-order valence-electron chi connectivity index (χ3n) is 11.4. The average Bonchev–Trinajstić information content (AvgIpc) is 3.31. The second-order valence-corrected chi connectivity index (χ2v) is 19.2. The maximum Gasteiger partial charge on any atom is 0.472 e. The molecule has 0 bridgehead atoms. The Morgan fingerprint density at radius 3 is 1.24 bits per heavy atom. The molecule has 0 aromatic carbocycles. The van der Waals surface area contributed by atoms with Gasteiger partial charge in [0, 0.05) is 19.4 Å². The second-order valence-electron chi connectivity index (χ2n) is 17.7. The molecule has 0 saturated heterocycles. The topological polar surface area (TPSA) is 134 Å². The zero-order valence-corrected chi connectivity index (χ0v) is 43.3. The highest BCUT2D eigenvalue weighted by molar-refractivity contribution is 7.47. The molecule has 0 aliphatic heterocycles. The van der Waals surface area contributed by atoms with Crippen molar-refractivity contribution < 1.29 is 37.6 Å². The Labute approximate surface area is 405 Å². The Morgan fingerprint density at radius 2 is 0.833 bits per heavy atom. The van der Waals surface area contributed by atoms with E-state index in [-0.39, 0.29) is 38.6 Å². The maximum absolute atomic E-state index is 12.6. The number of phosphoric acid groups is 1. The predicted molar refractivity (Wildman–Crippen MR) is 279 cm³/mol. The lowest BCUT2D eigenvalue weighted by molar-refractivity contribution is -0.161. The molecule has 2 unspecified atom stereocenters. The zero-order chi connectivity index (χ0) is 48.1. The largest absolute Gasteiger partial charge is 0.472 e. The Kier molecular flexibility index (Phi) is 49.8. The van der Waals surface area contributed by atoms with Crippen molar-refractivity contribution >= 4 is 19.8 Å². The summed E-state index contributed by atoms with van der Waals surface area (Å²) >= 11 is 0. The number of ether oxygens (including phenoxy) is 2. The minimum atomic E-state index is -4.37. The van der Waals surface area contributed by atoms with E-state index in [1.165, 1.54) is 128 Å². The van der Waals surface area contributed by atoms with Gasteiger partial charge in [-0.2, -0.15) is 0 Å². The molecule has 66 heavy (non-hydrogen) atoms. The van der Waals surface area contributed by atoms with E-state index < -0.39 is 26.5 Å².